The van der Waals surface area contributed by atoms with E-state index in [1.54, 1.807) is 58.2 Å². The Kier molecular flexibility index (Phi) is 28.1. The van der Waals surface area contributed by atoms with Crippen molar-refractivity contribution in [2.24, 2.45) is 39.8 Å². The molecule has 9 unspecified atom stereocenters. The Morgan fingerprint density at radius 2 is 1.09 bits per heavy atom. The number of carboxylic acids is 4. The standard InChI is InChI=1S/C49H77N13O15/c1-5-26(4)40(48(76)77)62-44(72)31(13-8-9-19-50)56-43(71)33(16-18-38(65)66)58-46(74)35(22-27-24-55-30-12-7-6-11-28(27)30)60-42(70)32(14-10-20-54-49(52)53)57-47(75)36(23-39(67)68)61-45(73)34(21-25(2)3)59-41(69)29(51)15-17-37(63)64/h6-7,11-12,24-26,29,31-36,40,55H,5,8-10,13-23,50-51H2,1-4H3,(H,56,71)(H,57,75)(H,58,74)(H,59,69)(H,60,70)(H,61,73)(H,62,72)(H,63,64)(H,65,66)(H,67,68)(H,76,77)(H4,52,53,54). The van der Waals surface area contributed by atoms with Crippen LogP contribution in [0.3, 0.4) is 0 Å². The monoisotopic (exact) mass is 1090 g/mol. The average Bonchev–Trinajstić information content (AvgIpc) is 3.77. The lowest BCUT2D eigenvalue weighted by Crippen LogP contribution is -2.60. The molecule has 1 aromatic heterocycles. The maximum Gasteiger partial charge on any atom is 0.326 e. The summed E-state index contributed by atoms with van der Waals surface area (Å²) in [5.41, 5.74) is 23.6. The number of hydrogen-bond donors (Lipinski definition) is 16. The lowest BCUT2D eigenvalue weighted by atomic mass is 9.98. The normalized spacial score (nSPS) is 14.6. The minimum atomic E-state index is -1.88. The number of aromatic nitrogens is 1. The quantitative estimate of drug-likeness (QED) is 0.0198. The summed E-state index contributed by atoms with van der Waals surface area (Å²) in [6, 6.07) is -5.28. The second-order valence-electron chi connectivity index (χ2n) is 19.1. The number of nitrogens with two attached hydrogens (primary N) is 4. The van der Waals surface area contributed by atoms with Gasteiger partial charge >= 0.3 is 23.9 Å². The fourth-order valence-electron chi connectivity index (χ4n) is 7.87. The van der Waals surface area contributed by atoms with Crippen LogP contribution in [0.15, 0.2) is 35.5 Å². The van der Waals surface area contributed by atoms with Crippen molar-refractivity contribution in [2.75, 3.05) is 13.1 Å². The number of carboxylic acid groups (broad SMARTS) is 4. The third-order valence-electron chi connectivity index (χ3n) is 12.3. The molecule has 9 atom stereocenters. The summed E-state index contributed by atoms with van der Waals surface area (Å²) in [5, 5.41) is 56.3. The van der Waals surface area contributed by atoms with Crippen LogP contribution >= 0.6 is 0 Å². The third kappa shape index (κ3) is 23.7. The highest BCUT2D eigenvalue weighted by Gasteiger charge is 2.36. The highest BCUT2D eigenvalue weighted by atomic mass is 16.4. The largest absolute Gasteiger partial charge is 0.481 e. The number of para-hydroxylation sites is 1. The van der Waals surface area contributed by atoms with E-state index in [0.29, 0.717) is 35.7 Å². The molecular weight excluding hydrogens is 1010 g/mol. The van der Waals surface area contributed by atoms with E-state index >= 15 is 0 Å². The van der Waals surface area contributed by atoms with Gasteiger partial charge in [-0.25, -0.2) is 4.79 Å². The van der Waals surface area contributed by atoms with Crippen LogP contribution in [0.25, 0.3) is 10.9 Å². The number of nitrogens with zero attached hydrogens (tertiary/aromatic N) is 1. The molecule has 1 heterocycles. The molecule has 28 heteroatoms. The molecule has 0 fully saturated rings. The SMILES string of the molecule is CCC(C)C(NC(=O)C(CCCCN)NC(=O)C(CCC(=O)O)NC(=O)C(Cc1c[nH]c2ccccc12)NC(=O)C(CCCN=C(N)N)NC(=O)C(CC(=O)O)NC(=O)C(CC(C)C)NC(=O)C(N)CCC(=O)O)C(=O)O. The van der Waals surface area contributed by atoms with Crippen molar-refractivity contribution in [1.82, 2.24) is 42.2 Å². The summed E-state index contributed by atoms with van der Waals surface area (Å²) in [6.07, 6.45) is -0.891. The minimum Gasteiger partial charge on any atom is -0.481 e. The van der Waals surface area contributed by atoms with Crippen LogP contribution < -0.4 is 60.2 Å². The van der Waals surface area contributed by atoms with E-state index in [1.165, 1.54) is 0 Å². The molecule has 0 aliphatic rings. The Labute approximate surface area is 444 Å². The van der Waals surface area contributed by atoms with Crippen molar-refractivity contribution >= 4 is 82.1 Å². The molecule has 28 nitrogen and oxygen atoms in total. The Morgan fingerprint density at radius 1 is 0.597 bits per heavy atom. The molecule has 0 aliphatic carbocycles. The van der Waals surface area contributed by atoms with Crippen LogP contribution in [-0.2, 0) is 59.2 Å². The van der Waals surface area contributed by atoms with Gasteiger partial charge in [-0.2, -0.15) is 0 Å². The van der Waals surface area contributed by atoms with E-state index in [-0.39, 0.29) is 63.5 Å². The molecule has 2 aromatic rings. The van der Waals surface area contributed by atoms with Gasteiger partial charge in [-0.05, 0) is 81.4 Å². The van der Waals surface area contributed by atoms with E-state index in [2.05, 4.69) is 47.2 Å². The molecule has 0 saturated heterocycles. The first-order valence-corrected chi connectivity index (χ1v) is 25.3. The highest BCUT2D eigenvalue weighted by Crippen LogP contribution is 2.20. The molecule has 0 spiro atoms. The average molecular weight is 1090 g/mol. The van der Waals surface area contributed by atoms with Crippen LogP contribution in [0.4, 0.5) is 0 Å². The predicted octanol–water partition coefficient (Wildman–Crippen LogP) is -2.01. The van der Waals surface area contributed by atoms with Crippen molar-refractivity contribution in [3.8, 4) is 0 Å². The number of aliphatic carboxylic acids is 4. The summed E-state index contributed by atoms with van der Waals surface area (Å²) in [5.74, 6) is -13.6. The number of H-pyrrole nitrogens is 1. The molecule has 1 aromatic carbocycles. The van der Waals surface area contributed by atoms with Crippen LogP contribution in [-0.4, -0.2) is 158 Å². The second-order valence-corrected chi connectivity index (χ2v) is 19.1. The summed E-state index contributed by atoms with van der Waals surface area (Å²) in [4.78, 5) is 152. The van der Waals surface area contributed by atoms with Gasteiger partial charge in [0.25, 0.3) is 0 Å². The van der Waals surface area contributed by atoms with Gasteiger partial charge in [0.1, 0.15) is 42.3 Å². The van der Waals surface area contributed by atoms with Crippen molar-refractivity contribution < 1.29 is 73.2 Å². The Morgan fingerprint density at radius 3 is 1.64 bits per heavy atom. The van der Waals surface area contributed by atoms with E-state index in [0.717, 1.165) is 0 Å². The lowest BCUT2D eigenvalue weighted by molar-refractivity contribution is -0.144. The van der Waals surface area contributed by atoms with Crippen molar-refractivity contribution in [3.05, 3.63) is 36.0 Å². The molecule has 20 N–H and O–H groups in total. The Hall–Kier alpha value is -7.88. The first kappa shape index (κ1) is 65.2. The summed E-state index contributed by atoms with van der Waals surface area (Å²) in [6.45, 7) is 6.90. The number of aliphatic imine (C=N–C) groups is 1. The number of guanidine groups is 1. The highest BCUT2D eigenvalue weighted by molar-refractivity contribution is 5.99. The summed E-state index contributed by atoms with van der Waals surface area (Å²) >= 11 is 0. The van der Waals surface area contributed by atoms with Gasteiger partial charge in [-0.3, -0.25) is 52.9 Å². The van der Waals surface area contributed by atoms with Gasteiger partial charge in [0, 0.05) is 42.9 Å². The minimum absolute atomic E-state index is 0.00180. The van der Waals surface area contributed by atoms with E-state index < -0.39 is 145 Å². The molecule has 7 amide bonds. The number of unbranched alkanes of at least 4 members (excludes halogenated alkanes) is 1. The number of amides is 7. The molecule has 428 valence electrons. The predicted molar refractivity (Wildman–Crippen MR) is 279 cm³/mol. The van der Waals surface area contributed by atoms with Crippen LogP contribution in [0, 0.1) is 11.8 Å². The number of nitrogens with one attached hydrogen (secondary N) is 8. The summed E-state index contributed by atoms with van der Waals surface area (Å²) < 4.78 is 0. The fourth-order valence-corrected chi connectivity index (χ4v) is 7.87. The van der Waals surface area contributed by atoms with Gasteiger partial charge in [-0.15, -0.1) is 0 Å². The topological polar surface area (TPSA) is 485 Å². The number of benzene rings is 1. The number of carbonyl (C=O) groups is 11. The zero-order valence-electron chi connectivity index (χ0n) is 43.8. The van der Waals surface area contributed by atoms with Gasteiger partial charge in [0.05, 0.1) is 12.5 Å². The van der Waals surface area contributed by atoms with Crippen LogP contribution in [0.2, 0.25) is 0 Å². The van der Waals surface area contributed by atoms with Crippen molar-refractivity contribution in [2.45, 2.75) is 160 Å². The van der Waals surface area contributed by atoms with Crippen molar-refractivity contribution in [3.63, 3.8) is 0 Å². The fraction of sp³-hybridized carbons (Fsp3) is 0.592. The lowest BCUT2D eigenvalue weighted by Gasteiger charge is -2.28. The molecule has 0 radical (unpaired) electrons. The molecule has 0 aliphatic heterocycles. The number of carbonyl (C=O) groups excluding carboxylic acids is 7. The van der Waals surface area contributed by atoms with E-state index in [9.17, 15) is 68.1 Å². The first-order chi connectivity index (χ1) is 36.3. The van der Waals surface area contributed by atoms with Gasteiger partial charge in [0.2, 0.25) is 41.4 Å². The van der Waals surface area contributed by atoms with Gasteiger partial charge in [-0.1, -0.05) is 52.3 Å². The van der Waals surface area contributed by atoms with Gasteiger partial charge < -0.3 is 85.6 Å². The smallest absolute Gasteiger partial charge is 0.326 e. The van der Waals surface area contributed by atoms with Crippen LogP contribution in [0.5, 0.6) is 0 Å². The number of fused-ring (bicyclic) bond motifs is 1. The third-order valence-corrected chi connectivity index (χ3v) is 12.3. The maximum absolute atomic E-state index is 14.6. The number of hydrogen-bond acceptors (Lipinski definition) is 14. The summed E-state index contributed by atoms with van der Waals surface area (Å²) in [7, 11) is 0. The van der Waals surface area contributed by atoms with E-state index in [4.69, 9.17) is 28.0 Å². The van der Waals surface area contributed by atoms with Crippen molar-refractivity contribution in [1.29, 1.82) is 0 Å². The zero-order chi connectivity index (χ0) is 57.9. The second kappa shape index (κ2) is 33.2. The molecule has 2 rings (SSSR count). The first-order valence-electron chi connectivity index (χ1n) is 25.3. The Bertz CT molecular complexity index is 2390. The molecule has 0 saturated carbocycles. The Balaban J connectivity index is 2.62. The molecular formula is C49H77N13O15. The molecule has 77 heavy (non-hydrogen) atoms. The maximum atomic E-state index is 14.6. The van der Waals surface area contributed by atoms with Crippen LogP contribution in [0.1, 0.15) is 110 Å². The zero-order valence-corrected chi connectivity index (χ0v) is 43.8. The molecule has 0 bridgehead atoms. The van der Waals surface area contributed by atoms with E-state index in [1.807, 2.05) is 0 Å². The number of rotatable bonds is 37. The van der Waals surface area contributed by atoms with Gasteiger partial charge in [0.15, 0.2) is 5.96 Å². The number of aromatic amines is 1.